The zero-order valence-corrected chi connectivity index (χ0v) is 34.2. The van der Waals surface area contributed by atoms with E-state index in [9.17, 15) is 25.2 Å². The highest BCUT2D eigenvalue weighted by atomic mass is 16.7. The summed E-state index contributed by atoms with van der Waals surface area (Å²) in [5, 5.41) is 40.0. The fourth-order valence-electron chi connectivity index (χ4n) is 6.36. The molecular formula is C45H80O9. The Morgan fingerprint density at radius 1 is 0.611 bits per heavy atom. The van der Waals surface area contributed by atoms with Gasteiger partial charge in [-0.3, -0.25) is 4.79 Å². The lowest BCUT2D eigenvalue weighted by Gasteiger charge is -2.39. The predicted molar refractivity (Wildman–Crippen MR) is 219 cm³/mol. The van der Waals surface area contributed by atoms with Crippen molar-refractivity contribution >= 4 is 5.97 Å². The first-order chi connectivity index (χ1) is 26.4. The van der Waals surface area contributed by atoms with Gasteiger partial charge in [-0.2, -0.15) is 0 Å². The van der Waals surface area contributed by atoms with E-state index in [1.54, 1.807) is 0 Å². The van der Waals surface area contributed by atoms with E-state index in [0.29, 0.717) is 13.0 Å². The van der Waals surface area contributed by atoms with Crippen molar-refractivity contribution in [1.82, 2.24) is 0 Å². The highest BCUT2D eigenvalue weighted by Crippen LogP contribution is 2.22. The molecule has 0 amide bonds. The highest BCUT2D eigenvalue weighted by Gasteiger charge is 2.44. The van der Waals surface area contributed by atoms with Gasteiger partial charge in [0.1, 0.15) is 30.5 Å². The molecule has 6 unspecified atom stereocenters. The Kier molecular flexibility index (Phi) is 34.2. The molecule has 0 saturated carbocycles. The van der Waals surface area contributed by atoms with Gasteiger partial charge < -0.3 is 39.4 Å². The van der Waals surface area contributed by atoms with Crippen molar-refractivity contribution < 1.29 is 44.2 Å². The largest absolute Gasteiger partial charge is 0.457 e. The number of unbranched alkanes of at least 4 members (excludes halogenated alkanes) is 17. The van der Waals surface area contributed by atoms with Gasteiger partial charge in [-0.25, -0.2) is 0 Å². The summed E-state index contributed by atoms with van der Waals surface area (Å²) >= 11 is 0. The van der Waals surface area contributed by atoms with Crippen LogP contribution in [0.5, 0.6) is 0 Å². The number of ether oxygens (including phenoxy) is 4. The zero-order valence-electron chi connectivity index (χ0n) is 34.2. The maximum Gasteiger partial charge on any atom is 0.306 e. The van der Waals surface area contributed by atoms with E-state index < -0.39 is 43.4 Å². The van der Waals surface area contributed by atoms with E-state index in [2.05, 4.69) is 62.5 Å². The van der Waals surface area contributed by atoms with Crippen LogP contribution >= 0.6 is 0 Å². The number of hydrogen-bond donors (Lipinski definition) is 4. The smallest absolute Gasteiger partial charge is 0.306 e. The van der Waals surface area contributed by atoms with Crippen LogP contribution in [0.4, 0.5) is 0 Å². The van der Waals surface area contributed by atoms with Crippen LogP contribution in [0.25, 0.3) is 0 Å². The van der Waals surface area contributed by atoms with Crippen LogP contribution in [0, 0.1) is 0 Å². The van der Waals surface area contributed by atoms with Gasteiger partial charge in [-0.1, -0.05) is 159 Å². The quantitative estimate of drug-likeness (QED) is 0.0280. The minimum absolute atomic E-state index is 0.116. The molecule has 0 spiro atoms. The minimum Gasteiger partial charge on any atom is -0.457 e. The molecule has 0 bridgehead atoms. The molecular weight excluding hydrogens is 684 g/mol. The molecule has 314 valence electrons. The summed E-state index contributed by atoms with van der Waals surface area (Å²) in [6, 6.07) is 0. The second kappa shape index (κ2) is 36.8. The van der Waals surface area contributed by atoms with E-state index in [4.69, 9.17) is 18.9 Å². The van der Waals surface area contributed by atoms with Gasteiger partial charge in [0.2, 0.25) is 0 Å². The molecule has 6 atom stereocenters. The third kappa shape index (κ3) is 27.7. The molecule has 0 radical (unpaired) electrons. The summed E-state index contributed by atoms with van der Waals surface area (Å²) in [6.45, 7) is 4.42. The van der Waals surface area contributed by atoms with Crippen LogP contribution in [0.1, 0.15) is 168 Å². The summed E-state index contributed by atoms with van der Waals surface area (Å²) < 4.78 is 22.7. The Morgan fingerprint density at radius 2 is 1.13 bits per heavy atom. The molecule has 0 aliphatic carbocycles. The van der Waals surface area contributed by atoms with Gasteiger partial charge in [-0.05, 0) is 51.4 Å². The molecule has 1 fully saturated rings. The Balaban J connectivity index is 2.24. The first-order valence-electron chi connectivity index (χ1n) is 21.7. The first kappa shape index (κ1) is 50.2. The predicted octanol–water partition coefficient (Wildman–Crippen LogP) is 9.36. The van der Waals surface area contributed by atoms with E-state index >= 15 is 0 Å². The standard InChI is InChI=1S/C45H80O9/c1-3-5-7-9-11-13-15-16-17-18-19-20-21-22-23-24-25-26-28-30-32-34-41(47)53-39(37-51-35-33-31-29-27-14-12-10-8-6-4-2)38-52-45-44(50)43(49)42(48)40(36-46)54-45/h5,7,11,13,16-17,19-20,39-40,42-46,48-50H,3-4,6,8-10,12,14-15,18,21-38H2,1-2H3/b7-5-,13-11-,17-16-,20-19-. The van der Waals surface area contributed by atoms with Gasteiger partial charge in [-0.15, -0.1) is 0 Å². The maximum absolute atomic E-state index is 12.7. The Labute approximate surface area is 329 Å². The third-order valence-electron chi connectivity index (χ3n) is 9.76. The van der Waals surface area contributed by atoms with Gasteiger partial charge >= 0.3 is 5.97 Å². The number of allylic oxidation sites excluding steroid dienone is 8. The highest BCUT2D eigenvalue weighted by molar-refractivity contribution is 5.69. The van der Waals surface area contributed by atoms with Gasteiger partial charge in [0.25, 0.3) is 0 Å². The number of aliphatic hydroxyl groups is 4. The average molecular weight is 765 g/mol. The van der Waals surface area contributed by atoms with Crippen molar-refractivity contribution in [3.63, 3.8) is 0 Å². The molecule has 1 aliphatic heterocycles. The monoisotopic (exact) mass is 765 g/mol. The Bertz CT molecular complexity index is 963. The zero-order chi connectivity index (χ0) is 39.3. The molecule has 9 heteroatoms. The van der Waals surface area contributed by atoms with Crippen molar-refractivity contribution in [3.8, 4) is 0 Å². The number of carbonyl (C=O) groups excluding carboxylic acids is 1. The summed E-state index contributed by atoms with van der Waals surface area (Å²) in [7, 11) is 0. The van der Waals surface area contributed by atoms with Crippen molar-refractivity contribution in [2.45, 2.75) is 205 Å². The fourth-order valence-corrected chi connectivity index (χ4v) is 6.36. The topological polar surface area (TPSA) is 135 Å². The second-order valence-corrected chi connectivity index (χ2v) is 14.8. The van der Waals surface area contributed by atoms with Crippen LogP contribution in [0.3, 0.4) is 0 Å². The second-order valence-electron chi connectivity index (χ2n) is 14.8. The number of rotatable bonds is 36. The average Bonchev–Trinajstić information content (AvgIpc) is 3.17. The normalized spacial score (nSPS) is 21.3. The summed E-state index contributed by atoms with van der Waals surface area (Å²) in [5.41, 5.74) is 0. The van der Waals surface area contributed by atoms with Gasteiger partial charge in [0.15, 0.2) is 6.29 Å². The molecule has 9 nitrogen and oxygen atoms in total. The van der Waals surface area contributed by atoms with E-state index in [0.717, 1.165) is 64.2 Å². The summed E-state index contributed by atoms with van der Waals surface area (Å²) in [6.07, 6.45) is 37.1. The molecule has 1 saturated heterocycles. The van der Waals surface area contributed by atoms with E-state index in [1.165, 1.54) is 83.5 Å². The third-order valence-corrected chi connectivity index (χ3v) is 9.76. The molecule has 0 aromatic carbocycles. The fraction of sp³-hybridized carbons (Fsp3) is 0.800. The molecule has 0 aromatic rings. The van der Waals surface area contributed by atoms with Crippen molar-refractivity contribution in [1.29, 1.82) is 0 Å². The summed E-state index contributed by atoms with van der Waals surface area (Å²) in [5.74, 6) is -0.323. The minimum atomic E-state index is -1.54. The van der Waals surface area contributed by atoms with Crippen LogP contribution in [-0.2, 0) is 23.7 Å². The molecule has 4 N–H and O–H groups in total. The first-order valence-corrected chi connectivity index (χ1v) is 21.7. The van der Waals surface area contributed by atoms with Crippen molar-refractivity contribution in [2.75, 3.05) is 26.4 Å². The summed E-state index contributed by atoms with van der Waals surface area (Å²) in [4.78, 5) is 12.7. The van der Waals surface area contributed by atoms with E-state index in [-0.39, 0.29) is 19.2 Å². The van der Waals surface area contributed by atoms with Crippen LogP contribution in [0.2, 0.25) is 0 Å². The van der Waals surface area contributed by atoms with Crippen LogP contribution < -0.4 is 0 Å². The number of carbonyl (C=O) groups is 1. The Morgan fingerprint density at radius 3 is 1.70 bits per heavy atom. The van der Waals surface area contributed by atoms with Crippen LogP contribution in [-0.4, -0.2) is 89.6 Å². The Hall–Kier alpha value is -1.85. The number of esters is 1. The molecule has 1 aliphatic rings. The maximum atomic E-state index is 12.7. The molecule has 1 heterocycles. The van der Waals surface area contributed by atoms with E-state index in [1.807, 2.05) is 0 Å². The van der Waals surface area contributed by atoms with Crippen molar-refractivity contribution in [3.05, 3.63) is 48.6 Å². The lowest BCUT2D eigenvalue weighted by molar-refractivity contribution is -0.305. The SMILES string of the molecule is CC/C=C\C/C=C\C/C=C\C/C=C\CCCCCCCCCCC(=O)OC(COCCCCCCCCCCCC)COC1OC(CO)C(O)C(O)C1O. The molecule has 1 rings (SSSR count). The number of hydrogen-bond acceptors (Lipinski definition) is 9. The van der Waals surface area contributed by atoms with Gasteiger partial charge in [0, 0.05) is 13.0 Å². The number of aliphatic hydroxyl groups excluding tert-OH is 4. The van der Waals surface area contributed by atoms with Crippen molar-refractivity contribution in [2.24, 2.45) is 0 Å². The molecule has 54 heavy (non-hydrogen) atoms. The van der Waals surface area contributed by atoms with Crippen LogP contribution in [0.15, 0.2) is 48.6 Å². The lowest BCUT2D eigenvalue weighted by atomic mass is 9.99. The van der Waals surface area contributed by atoms with Gasteiger partial charge in [0.05, 0.1) is 19.8 Å². The lowest BCUT2D eigenvalue weighted by Crippen LogP contribution is -2.59. The molecule has 0 aromatic heterocycles.